The first-order valence-corrected chi connectivity index (χ1v) is 1.68. The van der Waals surface area contributed by atoms with Gasteiger partial charge in [-0.25, -0.2) is 0 Å². The molecular formula is CHF3NaOS+. The van der Waals surface area contributed by atoms with Crippen LogP contribution in [0.25, 0.3) is 0 Å². The first-order valence-electron chi connectivity index (χ1n) is 0.938. The van der Waals surface area contributed by atoms with Crippen molar-refractivity contribution in [2.24, 2.45) is 0 Å². The quantitative estimate of drug-likeness (QED) is 0.283. The van der Waals surface area contributed by atoms with Gasteiger partial charge in [0.15, 0.2) is 0 Å². The number of alkyl halides is 3. The Morgan fingerprint density at radius 1 is 1.43 bits per heavy atom. The Hall–Kier alpha value is 0.810. The SMILES string of the molecule is O=[S+]C(F)(F)F.[H-].[Na+]. The monoisotopic (exact) mass is 141 g/mol. The Morgan fingerprint density at radius 2 is 1.57 bits per heavy atom. The van der Waals surface area contributed by atoms with Crippen LogP contribution < -0.4 is 29.6 Å². The van der Waals surface area contributed by atoms with Crippen molar-refractivity contribution in [3.8, 4) is 0 Å². The van der Waals surface area contributed by atoms with E-state index in [2.05, 4.69) is 0 Å². The molecule has 0 spiro atoms. The van der Waals surface area contributed by atoms with Crippen LogP contribution in [-0.4, -0.2) is 5.51 Å². The zero-order valence-electron chi connectivity index (χ0n) is 4.45. The maximum absolute atomic E-state index is 10.4. The van der Waals surface area contributed by atoms with Gasteiger partial charge in [0.2, 0.25) is 0 Å². The molecule has 0 atom stereocenters. The van der Waals surface area contributed by atoms with E-state index in [0.717, 1.165) is 0 Å². The molecule has 0 aromatic heterocycles. The predicted octanol–water partition coefficient (Wildman–Crippen LogP) is -1.95. The van der Waals surface area contributed by atoms with E-state index in [0.29, 0.717) is 0 Å². The predicted molar refractivity (Wildman–Crippen MR) is 15.2 cm³/mol. The van der Waals surface area contributed by atoms with Crippen molar-refractivity contribution in [1.82, 2.24) is 0 Å². The van der Waals surface area contributed by atoms with Gasteiger partial charge < -0.3 is 1.43 Å². The Kier molecular flexibility index (Phi) is 5.78. The molecule has 1 nitrogen and oxygen atoms in total. The number of hydrogen-bond donors (Lipinski definition) is 0. The van der Waals surface area contributed by atoms with Crippen LogP contribution in [0, 0.1) is 0 Å². The molecule has 0 unspecified atom stereocenters. The Morgan fingerprint density at radius 3 is 1.57 bits per heavy atom. The summed E-state index contributed by atoms with van der Waals surface area (Å²) in [6.45, 7) is 0. The molecule has 0 N–H and O–H groups in total. The average Bonchev–Trinajstić information content (AvgIpc) is 1.35. The first kappa shape index (κ1) is 10.7. The third-order valence-corrected chi connectivity index (χ3v) is 0.283. The fourth-order valence-corrected chi connectivity index (χ4v) is 0. The third-order valence-electron chi connectivity index (χ3n) is 0.0945. The van der Waals surface area contributed by atoms with Crippen LogP contribution in [0.15, 0.2) is 0 Å². The molecule has 0 aliphatic rings. The molecule has 0 aliphatic heterocycles. The maximum Gasteiger partial charge on any atom is 1.00 e. The van der Waals surface area contributed by atoms with Gasteiger partial charge in [0.25, 0.3) is 0 Å². The molecule has 7 heavy (non-hydrogen) atoms. The van der Waals surface area contributed by atoms with E-state index in [9.17, 15) is 13.2 Å². The summed E-state index contributed by atoms with van der Waals surface area (Å²) in [6, 6.07) is 0. The Labute approximate surface area is 65.5 Å². The van der Waals surface area contributed by atoms with Gasteiger partial charge in [0.1, 0.15) is 0 Å². The number of rotatable bonds is 0. The number of halogens is 3. The van der Waals surface area contributed by atoms with E-state index >= 15 is 0 Å². The summed E-state index contributed by atoms with van der Waals surface area (Å²) in [6.07, 6.45) is 0. The molecule has 0 aromatic rings. The van der Waals surface area contributed by atoms with Crippen molar-refractivity contribution in [3.63, 3.8) is 0 Å². The van der Waals surface area contributed by atoms with Crippen molar-refractivity contribution in [2.75, 3.05) is 0 Å². The largest absolute Gasteiger partial charge is 1.00 e. The van der Waals surface area contributed by atoms with E-state index < -0.39 is 17.2 Å². The zero-order chi connectivity index (χ0) is 5.21. The van der Waals surface area contributed by atoms with Gasteiger partial charge >= 0.3 is 46.7 Å². The van der Waals surface area contributed by atoms with Crippen LogP contribution >= 0.6 is 0 Å². The molecule has 0 saturated heterocycles. The van der Waals surface area contributed by atoms with Crippen LogP contribution in [-0.2, 0) is 15.9 Å². The summed E-state index contributed by atoms with van der Waals surface area (Å²) in [4.78, 5) is 0. The molecule has 38 valence electrons. The molecule has 0 radical (unpaired) electrons. The second-order valence-electron chi connectivity index (χ2n) is 0.529. The van der Waals surface area contributed by atoms with Crippen molar-refractivity contribution in [2.45, 2.75) is 5.51 Å². The molecule has 0 fully saturated rings. The summed E-state index contributed by atoms with van der Waals surface area (Å²) in [5, 5.41) is 0. The second kappa shape index (κ2) is 3.77. The molecule has 6 heteroatoms. The maximum atomic E-state index is 10.4. The van der Waals surface area contributed by atoms with Gasteiger partial charge in [0, 0.05) is 4.21 Å². The molecule has 0 bridgehead atoms. The standard InChI is InChI=1S/CF3OS.Na.H/c2-1(3,4)6-5;;/q2*+1;-1. The van der Waals surface area contributed by atoms with Crippen LogP contribution in [0.2, 0.25) is 0 Å². The molecule has 0 saturated carbocycles. The van der Waals surface area contributed by atoms with E-state index in [1.54, 1.807) is 0 Å². The summed E-state index contributed by atoms with van der Waals surface area (Å²) < 4.78 is 40.0. The fraction of sp³-hybridized carbons (Fsp3) is 1.00. The van der Waals surface area contributed by atoms with Crippen LogP contribution in [0.3, 0.4) is 0 Å². The molecule has 0 aliphatic carbocycles. The van der Waals surface area contributed by atoms with Gasteiger partial charge in [-0.3, -0.25) is 0 Å². The van der Waals surface area contributed by atoms with Gasteiger partial charge in [-0.15, -0.1) is 13.2 Å². The minimum atomic E-state index is -4.60. The summed E-state index contributed by atoms with van der Waals surface area (Å²) in [5.74, 6) is 0. The van der Waals surface area contributed by atoms with Crippen LogP contribution in [0.4, 0.5) is 13.2 Å². The molecule has 0 aromatic carbocycles. The number of hydrogen-bond acceptors (Lipinski definition) is 1. The van der Waals surface area contributed by atoms with Crippen LogP contribution in [0.1, 0.15) is 1.43 Å². The van der Waals surface area contributed by atoms with Gasteiger partial charge in [-0.05, 0) is 0 Å². The smallest absolute Gasteiger partial charge is 1.00 e. The Balaban J connectivity index is -0.000000125. The van der Waals surface area contributed by atoms with Crippen molar-refractivity contribution < 1.29 is 48.4 Å². The molecule has 0 heterocycles. The molecular weight excluding hydrogens is 140 g/mol. The Bertz CT molecular complexity index is 64.8. The minimum Gasteiger partial charge on any atom is -1.00 e. The molecule has 0 amide bonds. The van der Waals surface area contributed by atoms with E-state index in [4.69, 9.17) is 4.21 Å². The van der Waals surface area contributed by atoms with Gasteiger partial charge in [-0.2, -0.15) is 0 Å². The van der Waals surface area contributed by atoms with E-state index in [1.807, 2.05) is 0 Å². The van der Waals surface area contributed by atoms with Gasteiger partial charge in [-0.1, -0.05) is 0 Å². The minimum absolute atomic E-state index is 0. The second-order valence-corrected chi connectivity index (χ2v) is 1.16. The van der Waals surface area contributed by atoms with Gasteiger partial charge in [0.05, 0.1) is 0 Å². The summed E-state index contributed by atoms with van der Waals surface area (Å²) in [7, 11) is 0. The fourth-order valence-electron chi connectivity index (χ4n) is 0. The molecule has 0 rings (SSSR count). The van der Waals surface area contributed by atoms with Crippen molar-refractivity contribution in [3.05, 3.63) is 0 Å². The van der Waals surface area contributed by atoms with Crippen molar-refractivity contribution >= 4 is 11.7 Å². The third kappa shape index (κ3) is 10.9. The van der Waals surface area contributed by atoms with Crippen molar-refractivity contribution in [1.29, 1.82) is 0 Å². The van der Waals surface area contributed by atoms with Crippen LogP contribution in [0.5, 0.6) is 0 Å². The first-order chi connectivity index (χ1) is 2.56. The summed E-state index contributed by atoms with van der Waals surface area (Å²) in [5.41, 5.74) is -4.60. The average molecular weight is 141 g/mol. The van der Waals surface area contributed by atoms with E-state index in [-0.39, 0.29) is 31.0 Å². The summed E-state index contributed by atoms with van der Waals surface area (Å²) >= 11 is -1.37. The zero-order valence-corrected chi connectivity index (χ0v) is 6.27. The topological polar surface area (TPSA) is 17.1 Å². The normalized spacial score (nSPS) is 9.57. The van der Waals surface area contributed by atoms with E-state index in [1.165, 1.54) is 0 Å².